The second kappa shape index (κ2) is 3.07. The molecule has 1 atom stereocenters. The second-order valence-corrected chi connectivity index (χ2v) is 4.89. The first kappa shape index (κ1) is 9.84. The van der Waals surface area contributed by atoms with E-state index in [4.69, 9.17) is 4.74 Å². The summed E-state index contributed by atoms with van der Waals surface area (Å²) in [6.07, 6.45) is 0.623. The number of hydrogen-bond acceptors (Lipinski definition) is 3. The molecule has 1 aliphatic heterocycles. The molecule has 0 aromatic heterocycles. The zero-order valence-corrected chi connectivity index (χ0v) is 9.83. The van der Waals surface area contributed by atoms with Crippen molar-refractivity contribution in [3.63, 3.8) is 0 Å². The van der Waals surface area contributed by atoms with Crippen LogP contribution in [0.2, 0.25) is 0 Å². The summed E-state index contributed by atoms with van der Waals surface area (Å²) >= 11 is 3.36. The number of rotatable bonds is 0. The molecule has 0 bridgehead atoms. The Kier molecular flexibility index (Phi) is 1.89. The quantitative estimate of drug-likeness (QED) is 0.790. The van der Waals surface area contributed by atoms with Crippen LogP contribution in [0.3, 0.4) is 0 Å². The molecule has 2 aliphatic rings. The minimum absolute atomic E-state index is 0.352. The van der Waals surface area contributed by atoms with E-state index in [9.17, 15) is 9.59 Å². The third-order valence-electron chi connectivity index (χ3n) is 3.10. The Morgan fingerprint density at radius 2 is 2.19 bits per heavy atom. The van der Waals surface area contributed by atoms with Gasteiger partial charge in [-0.25, -0.2) is 4.79 Å². The summed E-state index contributed by atoms with van der Waals surface area (Å²) in [4.78, 5) is 23.0. The van der Waals surface area contributed by atoms with Crippen LogP contribution >= 0.6 is 15.9 Å². The van der Waals surface area contributed by atoms with Crippen LogP contribution in [0.1, 0.15) is 17.5 Å². The highest BCUT2D eigenvalue weighted by Gasteiger charge is 2.54. The van der Waals surface area contributed by atoms with Gasteiger partial charge in [0.1, 0.15) is 0 Å². The number of ether oxygens (including phenoxy) is 1. The van der Waals surface area contributed by atoms with E-state index in [2.05, 4.69) is 21.2 Å². The fraction of sp³-hybridized carbons (Fsp3) is 0.273. The summed E-state index contributed by atoms with van der Waals surface area (Å²) in [6.45, 7) is 0. The van der Waals surface area contributed by atoms with E-state index in [1.807, 2.05) is 18.2 Å². The van der Waals surface area contributed by atoms with Crippen LogP contribution in [0.15, 0.2) is 22.7 Å². The molecular weight excluding hydrogens is 274 g/mol. The van der Waals surface area contributed by atoms with E-state index >= 15 is 0 Å². The lowest BCUT2D eigenvalue weighted by molar-refractivity contribution is -0.131. The minimum Gasteiger partial charge on any atom is -0.427 e. The fourth-order valence-corrected chi connectivity index (χ4v) is 2.71. The minimum atomic E-state index is -1.09. The maximum Gasteiger partial charge on any atom is 0.415 e. The number of benzene rings is 1. The Morgan fingerprint density at radius 1 is 1.38 bits per heavy atom. The Bertz CT molecular complexity index is 514. The lowest BCUT2D eigenvalue weighted by Gasteiger charge is -2.19. The van der Waals surface area contributed by atoms with Gasteiger partial charge in [0.15, 0.2) is 0 Å². The summed E-state index contributed by atoms with van der Waals surface area (Å²) < 4.78 is 6.06. The summed E-state index contributed by atoms with van der Waals surface area (Å²) in [6, 6.07) is 5.72. The Morgan fingerprint density at radius 3 is 2.88 bits per heavy atom. The van der Waals surface area contributed by atoms with Crippen molar-refractivity contribution in [3.05, 3.63) is 33.8 Å². The largest absolute Gasteiger partial charge is 0.427 e. The number of hydrogen-bond donors (Lipinski definition) is 1. The highest BCUT2D eigenvalue weighted by atomic mass is 79.9. The highest BCUT2D eigenvalue weighted by molar-refractivity contribution is 9.10. The first-order valence-corrected chi connectivity index (χ1v) is 5.74. The third-order valence-corrected chi connectivity index (χ3v) is 3.60. The van der Waals surface area contributed by atoms with Gasteiger partial charge in [0, 0.05) is 16.5 Å². The number of alkyl carbamates (subject to hydrolysis) is 1. The maximum absolute atomic E-state index is 11.8. The number of carbonyl (C=O) groups excluding carboxylic acids is 2. The van der Waals surface area contributed by atoms with Crippen molar-refractivity contribution >= 4 is 27.9 Å². The van der Waals surface area contributed by atoms with E-state index in [0.717, 1.165) is 22.0 Å². The first-order chi connectivity index (χ1) is 7.62. The van der Waals surface area contributed by atoms with Crippen molar-refractivity contribution in [1.29, 1.82) is 0 Å². The van der Waals surface area contributed by atoms with E-state index in [1.165, 1.54) is 0 Å². The standard InChI is InChI=1S/C11H8BrNO3/c12-7-2-1-6-3-4-11(8(6)5-7)9(14)13-10(15)16-11/h1-2,5H,3-4H2,(H,13,14,15)/t11-/m1/s1. The summed E-state index contributed by atoms with van der Waals surface area (Å²) in [5, 5.41) is 2.19. The molecule has 2 amide bonds. The number of imide groups is 1. The fourth-order valence-electron chi connectivity index (χ4n) is 2.35. The predicted molar refractivity (Wildman–Crippen MR) is 58.8 cm³/mol. The number of amides is 2. The number of halogens is 1. The molecule has 1 saturated heterocycles. The van der Waals surface area contributed by atoms with Crippen LogP contribution in [-0.4, -0.2) is 12.0 Å². The Labute approximate surface area is 100 Å². The number of nitrogens with one attached hydrogen (secondary N) is 1. The van der Waals surface area contributed by atoms with Crippen LogP contribution in [0, 0.1) is 0 Å². The van der Waals surface area contributed by atoms with E-state index in [-0.39, 0.29) is 5.91 Å². The van der Waals surface area contributed by atoms with Crippen molar-refractivity contribution in [3.8, 4) is 0 Å². The topological polar surface area (TPSA) is 55.4 Å². The smallest absolute Gasteiger partial charge is 0.415 e. The molecule has 0 saturated carbocycles. The molecule has 1 aliphatic carbocycles. The monoisotopic (exact) mass is 281 g/mol. The van der Waals surface area contributed by atoms with Gasteiger partial charge in [0.2, 0.25) is 5.60 Å². The van der Waals surface area contributed by atoms with Crippen LogP contribution in [0.4, 0.5) is 4.79 Å². The van der Waals surface area contributed by atoms with E-state index in [1.54, 1.807) is 0 Å². The zero-order valence-electron chi connectivity index (χ0n) is 8.25. The van der Waals surface area contributed by atoms with Crippen molar-refractivity contribution in [2.45, 2.75) is 18.4 Å². The van der Waals surface area contributed by atoms with E-state index in [0.29, 0.717) is 6.42 Å². The number of aryl methyl sites for hydroxylation is 1. The molecule has 1 N–H and O–H groups in total. The molecule has 1 aromatic rings. The molecule has 1 heterocycles. The normalized spacial score (nSPS) is 26.8. The maximum atomic E-state index is 11.8. The summed E-state index contributed by atoms with van der Waals surface area (Å²) in [5.41, 5.74) is 0.772. The molecule has 0 radical (unpaired) electrons. The molecule has 1 aromatic carbocycles. The predicted octanol–water partition coefficient (Wildman–Crippen LogP) is 1.86. The third kappa shape index (κ3) is 1.15. The van der Waals surface area contributed by atoms with Gasteiger partial charge in [-0.3, -0.25) is 10.1 Å². The Balaban J connectivity index is 2.18. The second-order valence-electron chi connectivity index (χ2n) is 3.97. The number of carbonyl (C=O) groups is 2. The van der Waals surface area contributed by atoms with Crippen LogP contribution in [0.25, 0.3) is 0 Å². The first-order valence-electron chi connectivity index (χ1n) is 4.95. The highest BCUT2D eigenvalue weighted by Crippen LogP contribution is 2.43. The molecule has 3 rings (SSSR count). The molecule has 82 valence electrons. The van der Waals surface area contributed by atoms with Gasteiger partial charge in [-0.2, -0.15) is 0 Å². The molecule has 16 heavy (non-hydrogen) atoms. The van der Waals surface area contributed by atoms with Gasteiger partial charge in [0.05, 0.1) is 0 Å². The lowest BCUT2D eigenvalue weighted by atomic mass is 9.95. The van der Waals surface area contributed by atoms with Gasteiger partial charge in [-0.1, -0.05) is 22.0 Å². The molecule has 1 fully saturated rings. The Hall–Kier alpha value is -1.36. The van der Waals surface area contributed by atoms with Crippen molar-refractivity contribution in [2.24, 2.45) is 0 Å². The summed E-state index contributed by atoms with van der Waals surface area (Å²) in [5.74, 6) is -0.352. The van der Waals surface area contributed by atoms with Gasteiger partial charge in [-0.05, 0) is 24.1 Å². The van der Waals surface area contributed by atoms with Gasteiger partial charge in [-0.15, -0.1) is 0 Å². The molecule has 5 heteroatoms. The average Bonchev–Trinajstić information content (AvgIpc) is 2.71. The molecular formula is C11H8BrNO3. The van der Waals surface area contributed by atoms with E-state index < -0.39 is 11.7 Å². The van der Waals surface area contributed by atoms with Gasteiger partial charge in [0.25, 0.3) is 5.91 Å². The van der Waals surface area contributed by atoms with Crippen molar-refractivity contribution in [2.75, 3.05) is 0 Å². The van der Waals surface area contributed by atoms with Crippen LogP contribution in [0.5, 0.6) is 0 Å². The van der Waals surface area contributed by atoms with Crippen molar-refractivity contribution in [1.82, 2.24) is 5.32 Å². The van der Waals surface area contributed by atoms with Gasteiger partial charge >= 0.3 is 6.09 Å². The van der Waals surface area contributed by atoms with Crippen LogP contribution in [-0.2, 0) is 21.6 Å². The molecule has 4 nitrogen and oxygen atoms in total. The van der Waals surface area contributed by atoms with Gasteiger partial charge < -0.3 is 4.74 Å². The SMILES string of the molecule is O=C1NC(=O)[C@]2(CCc3ccc(Br)cc32)O1. The zero-order chi connectivity index (χ0) is 11.3. The van der Waals surface area contributed by atoms with Crippen LogP contribution < -0.4 is 5.32 Å². The number of fused-ring (bicyclic) bond motifs is 2. The average molecular weight is 282 g/mol. The van der Waals surface area contributed by atoms with Crippen molar-refractivity contribution < 1.29 is 14.3 Å². The molecule has 0 unspecified atom stereocenters. The summed E-state index contributed by atoms with van der Waals surface area (Å²) in [7, 11) is 0. The lowest BCUT2D eigenvalue weighted by Crippen LogP contribution is -2.34. The molecule has 1 spiro atoms.